The van der Waals surface area contributed by atoms with Crippen molar-refractivity contribution in [3.63, 3.8) is 0 Å². The Kier molecular flexibility index (Phi) is 5.51. The lowest BCUT2D eigenvalue weighted by Gasteiger charge is -2.13. The number of hydrogen-bond acceptors (Lipinski definition) is 5. The van der Waals surface area contributed by atoms with Crippen molar-refractivity contribution in [2.45, 2.75) is 18.9 Å². The summed E-state index contributed by atoms with van der Waals surface area (Å²) in [6, 6.07) is -1.86. The van der Waals surface area contributed by atoms with Gasteiger partial charge in [-0.2, -0.15) is 5.10 Å². The minimum Gasteiger partial charge on any atom is -0.480 e. The van der Waals surface area contributed by atoms with Crippen LogP contribution in [0.5, 0.6) is 0 Å². The van der Waals surface area contributed by atoms with Crippen LogP contribution in [0, 0.1) is 0 Å². The molecule has 0 aliphatic heterocycles. The number of methoxy groups -OCH3 is 1. The first-order chi connectivity index (χ1) is 9.42. The largest absolute Gasteiger partial charge is 0.480 e. The third-order valence-electron chi connectivity index (χ3n) is 2.43. The Morgan fingerprint density at radius 1 is 1.50 bits per heavy atom. The molecule has 1 atom stereocenters. The molecule has 0 aromatic carbocycles. The number of amides is 2. The SMILES string of the molecule is COC(=O)CC[C@@H](NC(=O)Nc1cnn(C)c1)C(=O)O. The van der Waals surface area contributed by atoms with Gasteiger partial charge in [-0.15, -0.1) is 0 Å². The van der Waals surface area contributed by atoms with Crippen LogP contribution in [0.15, 0.2) is 12.4 Å². The maximum atomic E-state index is 11.6. The van der Waals surface area contributed by atoms with E-state index >= 15 is 0 Å². The average molecular weight is 284 g/mol. The Labute approximate surface area is 114 Å². The summed E-state index contributed by atoms with van der Waals surface area (Å²) in [5.41, 5.74) is 0.433. The number of carbonyl (C=O) groups is 3. The Bertz CT molecular complexity index is 499. The lowest BCUT2D eigenvalue weighted by Crippen LogP contribution is -2.43. The lowest BCUT2D eigenvalue weighted by molar-refractivity contribution is -0.142. The monoisotopic (exact) mass is 284 g/mol. The Balaban J connectivity index is 2.50. The molecule has 0 saturated carbocycles. The van der Waals surface area contributed by atoms with E-state index in [1.54, 1.807) is 13.2 Å². The number of aryl methyl sites for hydroxylation is 1. The fourth-order valence-electron chi connectivity index (χ4n) is 1.43. The number of carboxylic acid groups (broad SMARTS) is 1. The second kappa shape index (κ2) is 7.12. The molecular formula is C11H16N4O5. The summed E-state index contributed by atoms with van der Waals surface area (Å²) in [4.78, 5) is 33.6. The van der Waals surface area contributed by atoms with Gasteiger partial charge in [0.05, 0.1) is 19.0 Å². The van der Waals surface area contributed by atoms with Crippen LogP contribution in [0.2, 0.25) is 0 Å². The molecule has 0 fully saturated rings. The van der Waals surface area contributed by atoms with Gasteiger partial charge in [0.1, 0.15) is 6.04 Å². The van der Waals surface area contributed by atoms with Crippen molar-refractivity contribution in [3.05, 3.63) is 12.4 Å². The van der Waals surface area contributed by atoms with E-state index in [9.17, 15) is 14.4 Å². The van der Waals surface area contributed by atoms with Gasteiger partial charge < -0.3 is 20.5 Å². The van der Waals surface area contributed by atoms with E-state index in [0.29, 0.717) is 5.69 Å². The van der Waals surface area contributed by atoms with Crippen LogP contribution in [0.25, 0.3) is 0 Å². The third-order valence-corrected chi connectivity index (χ3v) is 2.43. The second-order valence-electron chi connectivity index (χ2n) is 4.01. The highest BCUT2D eigenvalue weighted by molar-refractivity contribution is 5.92. The molecule has 110 valence electrons. The quantitative estimate of drug-likeness (QED) is 0.629. The van der Waals surface area contributed by atoms with Gasteiger partial charge in [0, 0.05) is 19.7 Å². The molecule has 0 aliphatic carbocycles. The number of anilines is 1. The number of carboxylic acids is 1. The van der Waals surface area contributed by atoms with Gasteiger partial charge in [-0.25, -0.2) is 9.59 Å². The van der Waals surface area contributed by atoms with Crippen molar-refractivity contribution in [1.29, 1.82) is 0 Å². The predicted octanol–water partition coefficient (Wildman–Crippen LogP) is -0.0520. The first kappa shape index (κ1) is 15.5. The van der Waals surface area contributed by atoms with Crippen molar-refractivity contribution >= 4 is 23.7 Å². The molecule has 9 nitrogen and oxygen atoms in total. The van der Waals surface area contributed by atoms with Gasteiger partial charge in [-0.05, 0) is 6.42 Å². The average Bonchev–Trinajstić information content (AvgIpc) is 2.78. The summed E-state index contributed by atoms with van der Waals surface area (Å²) < 4.78 is 5.90. The summed E-state index contributed by atoms with van der Waals surface area (Å²) in [5.74, 6) is -1.76. The van der Waals surface area contributed by atoms with Gasteiger partial charge in [-0.3, -0.25) is 9.48 Å². The molecule has 0 spiro atoms. The Morgan fingerprint density at radius 3 is 2.70 bits per heavy atom. The van der Waals surface area contributed by atoms with Crippen molar-refractivity contribution in [2.75, 3.05) is 12.4 Å². The Hall–Kier alpha value is -2.58. The number of aliphatic carboxylic acids is 1. The number of esters is 1. The highest BCUT2D eigenvalue weighted by atomic mass is 16.5. The number of urea groups is 1. The zero-order valence-corrected chi connectivity index (χ0v) is 11.1. The summed E-state index contributed by atoms with van der Waals surface area (Å²) in [6.45, 7) is 0. The van der Waals surface area contributed by atoms with Crippen LogP contribution < -0.4 is 10.6 Å². The molecule has 1 aromatic rings. The molecule has 9 heteroatoms. The zero-order chi connectivity index (χ0) is 15.1. The molecule has 1 rings (SSSR count). The molecule has 2 amide bonds. The van der Waals surface area contributed by atoms with E-state index in [-0.39, 0.29) is 12.8 Å². The van der Waals surface area contributed by atoms with Gasteiger partial charge >= 0.3 is 18.0 Å². The highest BCUT2D eigenvalue weighted by Gasteiger charge is 2.21. The minimum absolute atomic E-state index is 0.0531. The number of aromatic nitrogens is 2. The van der Waals surface area contributed by atoms with E-state index in [1.165, 1.54) is 18.0 Å². The molecule has 20 heavy (non-hydrogen) atoms. The molecule has 0 radical (unpaired) electrons. The van der Waals surface area contributed by atoms with Crippen LogP contribution in [0.3, 0.4) is 0 Å². The van der Waals surface area contributed by atoms with E-state index < -0.39 is 24.0 Å². The first-order valence-corrected chi connectivity index (χ1v) is 5.78. The summed E-state index contributed by atoms with van der Waals surface area (Å²) >= 11 is 0. The number of ether oxygens (including phenoxy) is 1. The molecule has 0 bridgehead atoms. The van der Waals surface area contributed by atoms with Crippen molar-refractivity contribution < 1.29 is 24.2 Å². The predicted molar refractivity (Wildman–Crippen MR) is 68.0 cm³/mol. The zero-order valence-electron chi connectivity index (χ0n) is 11.1. The summed E-state index contributed by atoms with van der Waals surface area (Å²) in [6.07, 6.45) is 2.83. The number of hydrogen-bond donors (Lipinski definition) is 3. The van der Waals surface area contributed by atoms with Crippen molar-refractivity contribution in [1.82, 2.24) is 15.1 Å². The highest BCUT2D eigenvalue weighted by Crippen LogP contribution is 2.04. The Morgan fingerprint density at radius 2 is 2.20 bits per heavy atom. The second-order valence-corrected chi connectivity index (χ2v) is 4.01. The number of rotatable bonds is 6. The van der Waals surface area contributed by atoms with E-state index in [1.807, 2.05) is 0 Å². The van der Waals surface area contributed by atoms with Crippen LogP contribution in [-0.2, 0) is 21.4 Å². The molecular weight excluding hydrogens is 268 g/mol. The van der Waals surface area contributed by atoms with E-state index in [4.69, 9.17) is 5.11 Å². The van der Waals surface area contributed by atoms with Crippen molar-refractivity contribution in [2.24, 2.45) is 7.05 Å². The van der Waals surface area contributed by atoms with Gasteiger partial charge in [0.15, 0.2) is 0 Å². The third kappa shape index (κ3) is 4.96. The maximum absolute atomic E-state index is 11.6. The molecule has 1 aromatic heterocycles. The number of nitrogens with one attached hydrogen (secondary N) is 2. The topological polar surface area (TPSA) is 123 Å². The van der Waals surface area contributed by atoms with Crippen LogP contribution in [0.1, 0.15) is 12.8 Å². The minimum atomic E-state index is -1.23. The number of carbonyl (C=O) groups excluding carboxylic acids is 2. The number of nitrogens with zero attached hydrogens (tertiary/aromatic N) is 2. The fourth-order valence-corrected chi connectivity index (χ4v) is 1.43. The van der Waals surface area contributed by atoms with Gasteiger partial charge in [0.25, 0.3) is 0 Å². The normalized spacial score (nSPS) is 11.5. The smallest absolute Gasteiger partial charge is 0.326 e. The molecule has 3 N–H and O–H groups in total. The molecule has 0 saturated heterocycles. The first-order valence-electron chi connectivity index (χ1n) is 5.78. The molecule has 1 heterocycles. The molecule has 0 aliphatic rings. The van der Waals surface area contributed by atoms with E-state index in [0.717, 1.165) is 0 Å². The summed E-state index contributed by atoms with van der Waals surface area (Å²) in [7, 11) is 2.89. The standard InChI is InChI=1S/C11H16N4O5/c1-15-6-7(5-12-15)13-11(19)14-8(10(17)18)3-4-9(16)20-2/h5-6,8H,3-4H2,1-2H3,(H,17,18)(H2,13,14,19)/t8-/m1/s1. The van der Waals surface area contributed by atoms with Crippen LogP contribution in [-0.4, -0.2) is 46.0 Å². The van der Waals surface area contributed by atoms with Gasteiger partial charge in [0.2, 0.25) is 0 Å². The van der Waals surface area contributed by atoms with Crippen LogP contribution in [0.4, 0.5) is 10.5 Å². The molecule has 0 unspecified atom stereocenters. The van der Waals surface area contributed by atoms with Gasteiger partial charge in [-0.1, -0.05) is 0 Å². The van der Waals surface area contributed by atoms with E-state index in [2.05, 4.69) is 20.5 Å². The van der Waals surface area contributed by atoms with Crippen LogP contribution >= 0.6 is 0 Å². The summed E-state index contributed by atoms with van der Waals surface area (Å²) in [5, 5.41) is 17.5. The maximum Gasteiger partial charge on any atom is 0.326 e. The fraction of sp³-hybridized carbons (Fsp3) is 0.455. The lowest BCUT2D eigenvalue weighted by atomic mass is 10.1. The van der Waals surface area contributed by atoms with Crippen molar-refractivity contribution in [3.8, 4) is 0 Å².